The lowest BCUT2D eigenvalue weighted by Crippen LogP contribution is -1.74. The Kier molecular flexibility index (Phi) is 1.04. The number of nitrogens with zero attached hydrogens (tertiary/aromatic N) is 2. The molecular formula is C6H4N3O. The van der Waals surface area contributed by atoms with Crippen molar-refractivity contribution in [1.82, 2.24) is 15.2 Å². The van der Waals surface area contributed by atoms with Gasteiger partial charge in [0.05, 0.1) is 6.26 Å². The molecule has 2 rings (SSSR count). The van der Waals surface area contributed by atoms with Gasteiger partial charge in [-0.25, -0.2) is 4.98 Å². The normalized spacial score (nSPS) is 10.0. The molecular weight excluding hydrogens is 130 g/mol. The van der Waals surface area contributed by atoms with Crippen molar-refractivity contribution >= 4 is 0 Å². The molecule has 0 bridgehead atoms. The lowest BCUT2D eigenvalue weighted by Gasteiger charge is -1.83. The highest BCUT2D eigenvalue weighted by Gasteiger charge is 2.00. The van der Waals surface area contributed by atoms with Gasteiger partial charge in [0.1, 0.15) is 0 Å². The molecule has 1 radical (unpaired) electrons. The van der Waals surface area contributed by atoms with Crippen molar-refractivity contribution in [3.63, 3.8) is 0 Å². The minimum Gasteiger partial charge on any atom is -0.461 e. The van der Waals surface area contributed by atoms with Crippen LogP contribution in [0.1, 0.15) is 0 Å². The molecule has 0 spiro atoms. The Labute approximate surface area is 56.9 Å². The third-order valence-corrected chi connectivity index (χ3v) is 1.13. The van der Waals surface area contributed by atoms with E-state index in [2.05, 4.69) is 21.5 Å². The van der Waals surface area contributed by atoms with E-state index in [0.29, 0.717) is 11.6 Å². The van der Waals surface area contributed by atoms with E-state index in [4.69, 9.17) is 4.42 Å². The van der Waals surface area contributed by atoms with E-state index in [-0.39, 0.29) is 0 Å². The van der Waals surface area contributed by atoms with Crippen molar-refractivity contribution in [3.05, 3.63) is 24.7 Å². The number of hydrogen-bond acceptors (Lipinski definition) is 3. The van der Waals surface area contributed by atoms with Crippen molar-refractivity contribution in [1.29, 1.82) is 0 Å². The molecule has 2 aromatic rings. The Hall–Kier alpha value is -1.58. The van der Waals surface area contributed by atoms with Gasteiger partial charge in [-0.1, -0.05) is 0 Å². The highest BCUT2D eigenvalue weighted by Crippen LogP contribution is 2.12. The monoisotopic (exact) mass is 134 g/mol. The van der Waals surface area contributed by atoms with Crippen LogP contribution in [0.3, 0.4) is 0 Å². The summed E-state index contributed by atoms with van der Waals surface area (Å²) >= 11 is 0. The summed E-state index contributed by atoms with van der Waals surface area (Å²) in [6.45, 7) is 0. The average molecular weight is 134 g/mol. The number of hydrogen-bond donors (Lipinski definition) is 1. The molecule has 0 aromatic carbocycles. The van der Waals surface area contributed by atoms with E-state index in [9.17, 15) is 0 Å². The maximum absolute atomic E-state index is 5.02. The van der Waals surface area contributed by atoms with Crippen molar-refractivity contribution in [2.75, 3.05) is 0 Å². The van der Waals surface area contributed by atoms with Gasteiger partial charge in [0.15, 0.2) is 11.6 Å². The molecule has 49 valence electrons. The summed E-state index contributed by atoms with van der Waals surface area (Å²) in [7, 11) is 0. The number of aromatic nitrogens is 3. The zero-order valence-corrected chi connectivity index (χ0v) is 5.03. The highest BCUT2D eigenvalue weighted by atomic mass is 16.3. The number of furan rings is 1. The molecule has 0 aliphatic rings. The van der Waals surface area contributed by atoms with Gasteiger partial charge in [0.25, 0.3) is 0 Å². The topological polar surface area (TPSA) is 54.7 Å². The van der Waals surface area contributed by atoms with Gasteiger partial charge >= 0.3 is 0 Å². The summed E-state index contributed by atoms with van der Waals surface area (Å²) < 4.78 is 5.02. The summed E-state index contributed by atoms with van der Waals surface area (Å²) in [5, 5.41) is 6.19. The highest BCUT2D eigenvalue weighted by molar-refractivity contribution is 5.44. The molecule has 0 amide bonds. The van der Waals surface area contributed by atoms with Gasteiger partial charge in [-0.3, -0.25) is 5.10 Å². The second kappa shape index (κ2) is 1.98. The number of aromatic amines is 1. The van der Waals surface area contributed by atoms with Crippen LogP contribution in [0.15, 0.2) is 22.8 Å². The SMILES string of the molecule is [c]1n[nH]c(-c2ccco2)n1. The van der Waals surface area contributed by atoms with Crippen LogP contribution in [0, 0.1) is 6.33 Å². The van der Waals surface area contributed by atoms with Crippen LogP contribution >= 0.6 is 0 Å². The molecule has 0 aliphatic carbocycles. The Morgan fingerprint density at radius 3 is 3.20 bits per heavy atom. The molecule has 4 heteroatoms. The third-order valence-electron chi connectivity index (χ3n) is 1.13. The summed E-state index contributed by atoms with van der Waals surface area (Å²) in [6, 6.07) is 3.59. The maximum atomic E-state index is 5.02. The molecule has 0 fully saturated rings. The smallest absolute Gasteiger partial charge is 0.221 e. The minimum atomic E-state index is 0.602. The number of nitrogens with one attached hydrogen (secondary N) is 1. The molecule has 0 saturated carbocycles. The molecule has 0 saturated heterocycles. The molecule has 10 heavy (non-hydrogen) atoms. The number of H-pyrrole nitrogens is 1. The van der Waals surface area contributed by atoms with Gasteiger partial charge in [-0.2, -0.15) is 0 Å². The van der Waals surface area contributed by atoms with E-state index in [1.54, 1.807) is 18.4 Å². The average Bonchev–Trinajstić information content (AvgIpc) is 2.59. The van der Waals surface area contributed by atoms with Crippen molar-refractivity contribution in [2.45, 2.75) is 0 Å². The first kappa shape index (κ1) is 5.22. The first-order valence-electron chi connectivity index (χ1n) is 2.79. The van der Waals surface area contributed by atoms with Crippen molar-refractivity contribution < 1.29 is 4.42 Å². The predicted molar refractivity (Wildman–Crippen MR) is 32.9 cm³/mol. The number of rotatable bonds is 1. The van der Waals surface area contributed by atoms with Crippen LogP contribution in [0.5, 0.6) is 0 Å². The Balaban J connectivity index is 2.48. The van der Waals surface area contributed by atoms with Crippen LogP contribution < -0.4 is 0 Å². The molecule has 1 N–H and O–H groups in total. The quantitative estimate of drug-likeness (QED) is 0.629. The minimum absolute atomic E-state index is 0.602. The van der Waals surface area contributed by atoms with Crippen LogP contribution in [0.2, 0.25) is 0 Å². The van der Waals surface area contributed by atoms with E-state index < -0.39 is 0 Å². The second-order valence-electron chi connectivity index (χ2n) is 1.76. The molecule has 4 nitrogen and oxygen atoms in total. The van der Waals surface area contributed by atoms with Gasteiger partial charge in [0.2, 0.25) is 6.33 Å². The van der Waals surface area contributed by atoms with Crippen LogP contribution in [0.25, 0.3) is 11.6 Å². The lowest BCUT2D eigenvalue weighted by molar-refractivity contribution is 0.577. The zero-order valence-electron chi connectivity index (χ0n) is 5.03. The predicted octanol–water partition coefficient (Wildman–Crippen LogP) is 0.865. The largest absolute Gasteiger partial charge is 0.461 e. The fourth-order valence-corrected chi connectivity index (χ4v) is 0.701. The fraction of sp³-hybridized carbons (Fsp3) is 0. The molecule has 2 heterocycles. The van der Waals surface area contributed by atoms with Gasteiger partial charge in [-0.15, -0.1) is 5.10 Å². The summed E-state index contributed by atoms with van der Waals surface area (Å²) in [5.74, 6) is 1.28. The zero-order chi connectivity index (χ0) is 6.81. The fourth-order valence-electron chi connectivity index (χ4n) is 0.701. The Bertz CT molecular complexity index is 252. The summed E-state index contributed by atoms with van der Waals surface area (Å²) in [4.78, 5) is 3.77. The van der Waals surface area contributed by atoms with Gasteiger partial charge in [0, 0.05) is 0 Å². The van der Waals surface area contributed by atoms with E-state index in [0.717, 1.165) is 0 Å². The van der Waals surface area contributed by atoms with Crippen molar-refractivity contribution in [2.24, 2.45) is 0 Å². The van der Waals surface area contributed by atoms with Gasteiger partial charge < -0.3 is 4.42 Å². The Morgan fingerprint density at radius 1 is 1.60 bits per heavy atom. The third kappa shape index (κ3) is 0.699. The first-order chi connectivity index (χ1) is 4.97. The first-order valence-corrected chi connectivity index (χ1v) is 2.79. The van der Waals surface area contributed by atoms with Crippen LogP contribution in [-0.2, 0) is 0 Å². The van der Waals surface area contributed by atoms with Crippen LogP contribution in [0.4, 0.5) is 0 Å². The van der Waals surface area contributed by atoms with Crippen LogP contribution in [-0.4, -0.2) is 15.2 Å². The maximum Gasteiger partial charge on any atom is 0.221 e. The standard InChI is InChI=1S/C6H4N3O/c1-2-5(10-3-1)6-7-4-8-9-6/h1-3H,(H,7,8,9). The van der Waals surface area contributed by atoms with Gasteiger partial charge in [-0.05, 0) is 12.1 Å². The lowest BCUT2D eigenvalue weighted by atomic mass is 10.4. The molecule has 0 aliphatic heterocycles. The van der Waals surface area contributed by atoms with E-state index in [1.165, 1.54) is 0 Å². The van der Waals surface area contributed by atoms with Crippen molar-refractivity contribution in [3.8, 4) is 11.6 Å². The molecule has 0 unspecified atom stereocenters. The molecule has 0 atom stereocenters. The Morgan fingerprint density at radius 2 is 2.60 bits per heavy atom. The molecule has 2 aromatic heterocycles. The summed E-state index contributed by atoms with van der Waals surface area (Å²) in [6.07, 6.45) is 3.98. The summed E-state index contributed by atoms with van der Waals surface area (Å²) in [5.41, 5.74) is 0. The van der Waals surface area contributed by atoms with E-state index >= 15 is 0 Å². The van der Waals surface area contributed by atoms with E-state index in [1.807, 2.05) is 0 Å². The second-order valence-corrected chi connectivity index (χ2v) is 1.76.